The Morgan fingerprint density at radius 3 is 2.65 bits per heavy atom. The molecule has 1 aliphatic rings. The summed E-state index contributed by atoms with van der Waals surface area (Å²) in [5, 5.41) is 5.46. The van der Waals surface area contributed by atoms with E-state index in [1.165, 1.54) is 5.56 Å². The third-order valence-electron chi connectivity index (χ3n) is 4.38. The first kappa shape index (κ1) is 17.8. The van der Waals surface area contributed by atoms with Gasteiger partial charge in [-0.2, -0.15) is 0 Å². The van der Waals surface area contributed by atoms with Crippen molar-refractivity contribution in [1.82, 2.24) is 5.32 Å². The zero-order valence-corrected chi connectivity index (χ0v) is 14.8. The molecule has 136 valence electrons. The normalized spacial score (nSPS) is 12.9. The van der Waals surface area contributed by atoms with Gasteiger partial charge in [-0.25, -0.2) is 4.79 Å². The van der Waals surface area contributed by atoms with E-state index >= 15 is 0 Å². The van der Waals surface area contributed by atoms with E-state index in [1.807, 2.05) is 23.1 Å². The Labute approximate surface area is 153 Å². The molecule has 6 nitrogen and oxygen atoms in total. The molecule has 2 aromatic rings. The Kier molecular flexibility index (Phi) is 5.73. The number of nitrogens with one attached hydrogen (secondary N) is 2. The first-order valence-corrected chi connectivity index (χ1v) is 8.74. The van der Waals surface area contributed by atoms with E-state index in [2.05, 4.69) is 16.7 Å². The lowest BCUT2D eigenvalue weighted by atomic mass is 10.0. The Morgan fingerprint density at radius 1 is 1.12 bits per heavy atom. The molecule has 1 aliphatic heterocycles. The van der Waals surface area contributed by atoms with E-state index in [1.54, 1.807) is 31.4 Å². The van der Waals surface area contributed by atoms with Crippen molar-refractivity contribution in [1.29, 1.82) is 0 Å². The molecule has 2 aromatic carbocycles. The van der Waals surface area contributed by atoms with Gasteiger partial charge in [0.25, 0.3) is 0 Å². The van der Waals surface area contributed by atoms with Gasteiger partial charge in [0.05, 0.1) is 7.11 Å². The van der Waals surface area contributed by atoms with E-state index in [-0.39, 0.29) is 18.4 Å². The van der Waals surface area contributed by atoms with Gasteiger partial charge in [-0.05, 0) is 48.7 Å². The summed E-state index contributed by atoms with van der Waals surface area (Å²) < 4.78 is 5.08. The largest absolute Gasteiger partial charge is 0.497 e. The Morgan fingerprint density at radius 2 is 1.88 bits per heavy atom. The van der Waals surface area contributed by atoms with Crippen LogP contribution in [0.1, 0.15) is 18.4 Å². The van der Waals surface area contributed by atoms with Gasteiger partial charge in [-0.3, -0.25) is 4.79 Å². The van der Waals surface area contributed by atoms with Gasteiger partial charge in [0.2, 0.25) is 5.91 Å². The number of benzene rings is 2. The van der Waals surface area contributed by atoms with Crippen LogP contribution in [0.4, 0.5) is 16.2 Å². The monoisotopic (exact) mass is 353 g/mol. The molecule has 2 N–H and O–H groups in total. The number of nitrogens with zero attached hydrogens (tertiary/aromatic N) is 1. The van der Waals surface area contributed by atoms with E-state index in [0.717, 1.165) is 30.8 Å². The van der Waals surface area contributed by atoms with Crippen LogP contribution in [-0.4, -0.2) is 32.1 Å². The fourth-order valence-electron chi connectivity index (χ4n) is 3.06. The summed E-state index contributed by atoms with van der Waals surface area (Å²) in [5.41, 5.74) is 2.86. The maximum absolute atomic E-state index is 12.5. The average molecular weight is 353 g/mol. The summed E-state index contributed by atoms with van der Waals surface area (Å²) in [7, 11) is 1.59. The number of anilines is 2. The number of rotatable bonds is 5. The van der Waals surface area contributed by atoms with Gasteiger partial charge < -0.3 is 20.3 Å². The van der Waals surface area contributed by atoms with Crippen molar-refractivity contribution < 1.29 is 14.3 Å². The van der Waals surface area contributed by atoms with Crippen LogP contribution >= 0.6 is 0 Å². The minimum absolute atomic E-state index is 0.0295. The molecule has 0 unspecified atom stereocenters. The van der Waals surface area contributed by atoms with Crippen LogP contribution in [0.2, 0.25) is 0 Å². The number of fused-ring (bicyclic) bond motifs is 1. The zero-order chi connectivity index (χ0) is 18.4. The second-order valence-electron chi connectivity index (χ2n) is 6.14. The molecular formula is C20H23N3O3. The summed E-state index contributed by atoms with van der Waals surface area (Å²) in [6.45, 7) is 1.02. The van der Waals surface area contributed by atoms with Crippen molar-refractivity contribution in [3.8, 4) is 5.75 Å². The summed E-state index contributed by atoms with van der Waals surface area (Å²) in [5.74, 6) is 0.755. The maximum Gasteiger partial charge on any atom is 0.319 e. The lowest BCUT2D eigenvalue weighted by molar-refractivity contribution is -0.118. The molecule has 0 saturated carbocycles. The Balaban J connectivity index is 1.47. The highest BCUT2D eigenvalue weighted by molar-refractivity contribution is 5.95. The van der Waals surface area contributed by atoms with Crippen molar-refractivity contribution in [2.45, 2.75) is 19.3 Å². The van der Waals surface area contributed by atoms with Crippen LogP contribution in [0.15, 0.2) is 48.5 Å². The summed E-state index contributed by atoms with van der Waals surface area (Å²) >= 11 is 0. The van der Waals surface area contributed by atoms with Crippen LogP contribution in [0.25, 0.3) is 0 Å². The number of ether oxygens (including phenoxy) is 1. The highest BCUT2D eigenvalue weighted by atomic mass is 16.5. The van der Waals surface area contributed by atoms with Crippen molar-refractivity contribution in [2.24, 2.45) is 0 Å². The predicted molar refractivity (Wildman–Crippen MR) is 102 cm³/mol. The molecule has 0 aromatic heterocycles. The first-order valence-electron chi connectivity index (χ1n) is 8.74. The molecule has 3 rings (SSSR count). The highest BCUT2D eigenvalue weighted by Crippen LogP contribution is 2.27. The van der Waals surface area contributed by atoms with Crippen molar-refractivity contribution in [2.75, 3.05) is 30.4 Å². The number of aryl methyl sites for hydroxylation is 1. The molecule has 0 atom stereocenters. The lowest BCUT2D eigenvalue weighted by Gasteiger charge is -2.29. The average Bonchev–Trinajstić information content (AvgIpc) is 2.68. The quantitative estimate of drug-likeness (QED) is 0.867. The van der Waals surface area contributed by atoms with E-state index in [9.17, 15) is 9.59 Å². The van der Waals surface area contributed by atoms with Gasteiger partial charge in [-0.15, -0.1) is 0 Å². The third-order valence-corrected chi connectivity index (χ3v) is 4.38. The number of urea groups is 1. The molecule has 0 spiro atoms. The smallest absolute Gasteiger partial charge is 0.319 e. The van der Waals surface area contributed by atoms with Crippen molar-refractivity contribution in [3.05, 3.63) is 54.1 Å². The minimum Gasteiger partial charge on any atom is -0.497 e. The lowest BCUT2D eigenvalue weighted by Crippen LogP contribution is -2.38. The number of hydrogen-bond acceptors (Lipinski definition) is 3. The van der Waals surface area contributed by atoms with Crippen LogP contribution < -0.4 is 20.3 Å². The fraction of sp³-hybridized carbons (Fsp3) is 0.300. The van der Waals surface area contributed by atoms with Crippen molar-refractivity contribution >= 4 is 23.3 Å². The molecule has 0 saturated heterocycles. The van der Waals surface area contributed by atoms with Gasteiger partial charge in [0.1, 0.15) is 5.75 Å². The maximum atomic E-state index is 12.5. The van der Waals surface area contributed by atoms with Gasteiger partial charge in [0.15, 0.2) is 0 Å². The molecule has 0 bridgehead atoms. The molecule has 6 heteroatoms. The summed E-state index contributed by atoms with van der Waals surface area (Å²) in [6.07, 6.45) is 2.24. The fourth-order valence-corrected chi connectivity index (χ4v) is 3.06. The van der Waals surface area contributed by atoms with Gasteiger partial charge in [0, 0.05) is 30.9 Å². The van der Waals surface area contributed by atoms with Crippen LogP contribution in [0.5, 0.6) is 5.75 Å². The standard InChI is InChI=1S/C20H23N3O3/c1-26-17-10-8-16(9-11-17)22-20(25)21-13-12-19(24)23-14-4-6-15-5-2-3-7-18(15)23/h2-3,5,7-11H,4,6,12-14H2,1H3,(H2,21,22,25). The summed E-state index contributed by atoms with van der Waals surface area (Å²) in [4.78, 5) is 26.3. The van der Waals surface area contributed by atoms with E-state index in [4.69, 9.17) is 4.74 Å². The predicted octanol–water partition coefficient (Wildman–Crippen LogP) is 3.19. The minimum atomic E-state index is -0.331. The first-order chi connectivity index (χ1) is 12.7. The number of para-hydroxylation sites is 1. The number of methoxy groups -OCH3 is 1. The van der Waals surface area contributed by atoms with Crippen LogP contribution in [0.3, 0.4) is 0 Å². The van der Waals surface area contributed by atoms with E-state index in [0.29, 0.717) is 12.2 Å². The highest BCUT2D eigenvalue weighted by Gasteiger charge is 2.21. The topological polar surface area (TPSA) is 70.7 Å². The molecule has 0 fully saturated rings. The second-order valence-corrected chi connectivity index (χ2v) is 6.14. The SMILES string of the molecule is COc1ccc(NC(=O)NCCC(=O)N2CCCc3ccccc32)cc1. The molecule has 26 heavy (non-hydrogen) atoms. The number of hydrogen-bond donors (Lipinski definition) is 2. The Bertz CT molecular complexity index is 774. The molecule has 0 aliphatic carbocycles. The molecular weight excluding hydrogens is 330 g/mol. The van der Waals surface area contributed by atoms with Gasteiger partial charge in [-0.1, -0.05) is 18.2 Å². The van der Waals surface area contributed by atoms with Gasteiger partial charge >= 0.3 is 6.03 Å². The van der Waals surface area contributed by atoms with Crippen LogP contribution in [0, 0.1) is 0 Å². The third kappa shape index (κ3) is 4.33. The van der Waals surface area contributed by atoms with Crippen molar-refractivity contribution in [3.63, 3.8) is 0 Å². The number of carbonyl (C=O) groups is 2. The van der Waals surface area contributed by atoms with Crippen LogP contribution in [-0.2, 0) is 11.2 Å². The Hall–Kier alpha value is -3.02. The summed E-state index contributed by atoms with van der Waals surface area (Å²) in [6, 6.07) is 14.7. The second kappa shape index (κ2) is 8.38. The number of amides is 3. The molecule has 1 heterocycles. The molecule has 3 amide bonds. The number of carbonyl (C=O) groups excluding carboxylic acids is 2. The van der Waals surface area contributed by atoms with E-state index < -0.39 is 0 Å². The molecule has 0 radical (unpaired) electrons. The zero-order valence-electron chi connectivity index (χ0n) is 14.8.